The highest BCUT2D eigenvalue weighted by Crippen LogP contribution is 2.36. The van der Waals surface area contributed by atoms with Crippen LogP contribution in [0.3, 0.4) is 0 Å². The van der Waals surface area contributed by atoms with Crippen LogP contribution < -0.4 is 5.32 Å². The SMILES string of the molecule is CCCNC(CC(F)(F)F)C1CCCC(CC)C1. The molecule has 1 aliphatic carbocycles. The molecule has 0 amide bonds. The summed E-state index contributed by atoms with van der Waals surface area (Å²) in [7, 11) is 0. The van der Waals surface area contributed by atoms with Gasteiger partial charge in [0.25, 0.3) is 0 Å². The average Bonchev–Trinajstić information content (AvgIpc) is 2.33. The molecule has 0 saturated heterocycles. The van der Waals surface area contributed by atoms with E-state index in [1.54, 1.807) is 0 Å². The van der Waals surface area contributed by atoms with E-state index >= 15 is 0 Å². The fraction of sp³-hybridized carbons (Fsp3) is 1.00. The molecule has 0 aromatic carbocycles. The van der Waals surface area contributed by atoms with Crippen LogP contribution in [0.25, 0.3) is 0 Å². The standard InChI is InChI=1S/C14H26F3N/c1-3-8-18-13(10-14(15,16)17)12-7-5-6-11(4-2)9-12/h11-13,18H,3-10H2,1-2H3. The molecule has 18 heavy (non-hydrogen) atoms. The van der Waals surface area contributed by atoms with Crippen LogP contribution in [0, 0.1) is 11.8 Å². The zero-order valence-electron chi connectivity index (χ0n) is 11.5. The molecule has 1 N–H and O–H groups in total. The van der Waals surface area contributed by atoms with Gasteiger partial charge in [-0.2, -0.15) is 13.2 Å². The van der Waals surface area contributed by atoms with E-state index in [0.29, 0.717) is 12.5 Å². The molecular weight excluding hydrogens is 239 g/mol. The van der Waals surface area contributed by atoms with Crippen molar-refractivity contribution in [3.8, 4) is 0 Å². The monoisotopic (exact) mass is 265 g/mol. The molecule has 1 aliphatic rings. The van der Waals surface area contributed by atoms with E-state index in [0.717, 1.165) is 32.1 Å². The van der Waals surface area contributed by atoms with E-state index in [9.17, 15) is 13.2 Å². The molecule has 0 aromatic rings. The minimum atomic E-state index is -4.05. The van der Waals surface area contributed by atoms with Crippen LogP contribution in [-0.2, 0) is 0 Å². The predicted molar refractivity (Wildman–Crippen MR) is 68.5 cm³/mol. The Balaban J connectivity index is 2.57. The molecule has 3 atom stereocenters. The minimum absolute atomic E-state index is 0.205. The maximum absolute atomic E-state index is 12.6. The first-order chi connectivity index (χ1) is 8.46. The molecule has 1 saturated carbocycles. The van der Waals surface area contributed by atoms with E-state index in [-0.39, 0.29) is 12.0 Å². The summed E-state index contributed by atoms with van der Waals surface area (Å²) in [4.78, 5) is 0. The van der Waals surface area contributed by atoms with Gasteiger partial charge in [0.1, 0.15) is 0 Å². The first kappa shape index (κ1) is 15.8. The Morgan fingerprint density at radius 1 is 1.22 bits per heavy atom. The first-order valence-corrected chi connectivity index (χ1v) is 7.26. The highest BCUT2D eigenvalue weighted by atomic mass is 19.4. The van der Waals surface area contributed by atoms with Gasteiger partial charge in [-0.3, -0.25) is 0 Å². The van der Waals surface area contributed by atoms with Crippen molar-refractivity contribution in [3.05, 3.63) is 0 Å². The van der Waals surface area contributed by atoms with E-state index in [2.05, 4.69) is 12.2 Å². The smallest absolute Gasteiger partial charge is 0.313 e. The molecule has 0 radical (unpaired) electrons. The zero-order valence-corrected chi connectivity index (χ0v) is 11.5. The molecule has 1 nitrogen and oxygen atoms in total. The van der Waals surface area contributed by atoms with Crippen molar-refractivity contribution in [2.75, 3.05) is 6.54 Å². The highest BCUT2D eigenvalue weighted by molar-refractivity contribution is 4.84. The Kier molecular flexibility index (Phi) is 6.47. The molecule has 0 aromatic heterocycles. The second-order valence-electron chi connectivity index (χ2n) is 5.58. The van der Waals surface area contributed by atoms with Crippen LogP contribution in [0.1, 0.15) is 58.8 Å². The van der Waals surface area contributed by atoms with Crippen LogP contribution in [0.4, 0.5) is 13.2 Å². The van der Waals surface area contributed by atoms with Gasteiger partial charge in [-0.15, -0.1) is 0 Å². The number of hydrogen-bond acceptors (Lipinski definition) is 1. The van der Waals surface area contributed by atoms with Gasteiger partial charge in [0.05, 0.1) is 6.42 Å². The lowest BCUT2D eigenvalue weighted by molar-refractivity contribution is -0.144. The molecule has 0 heterocycles. The van der Waals surface area contributed by atoms with Crippen LogP contribution in [0.5, 0.6) is 0 Å². The number of halogens is 3. The predicted octanol–water partition coefficient (Wildman–Crippen LogP) is 4.52. The Morgan fingerprint density at radius 3 is 2.50 bits per heavy atom. The fourth-order valence-corrected chi connectivity index (χ4v) is 3.05. The molecule has 1 fully saturated rings. The minimum Gasteiger partial charge on any atom is -0.313 e. The number of alkyl halides is 3. The van der Waals surface area contributed by atoms with E-state index < -0.39 is 12.6 Å². The third-order valence-electron chi connectivity index (χ3n) is 4.08. The summed E-state index contributed by atoms with van der Waals surface area (Å²) < 4.78 is 37.9. The summed E-state index contributed by atoms with van der Waals surface area (Å²) in [5.41, 5.74) is 0. The van der Waals surface area contributed by atoms with Crippen molar-refractivity contribution in [2.24, 2.45) is 11.8 Å². The fourth-order valence-electron chi connectivity index (χ4n) is 3.05. The lowest BCUT2D eigenvalue weighted by atomic mass is 9.76. The van der Waals surface area contributed by atoms with Gasteiger partial charge in [0, 0.05) is 6.04 Å². The van der Waals surface area contributed by atoms with Crippen molar-refractivity contribution in [2.45, 2.75) is 71.0 Å². The third-order valence-corrected chi connectivity index (χ3v) is 4.08. The van der Waals surface area contributed by atoms with Crippen LogP contribution in [0.15, 0.2) is 0 Å². The Labute approximate surface area is 109 Å². The van der Waals surface area contributed by atoms with Gasteiger partial charge in [0.15, 0.2) is 0 Å². The van der Waals surface area contributed by atoms with Crippen molar-refractivity contribution in [1.29, 1.82) is 0 Å². The van der Waals surface area contributed by atoms with E-state index in [1.165, 1.54) is 6.42 Å². The third kappa shape index (κ3) is 5.59. The van der Waals surface area contributed by atoms with Crippen molar-refractivity contribution in [1.82, 2.24) is 5.32 Å². The summed E-state index contributed by atoms with van der Waals surface area (Å²) in [6.07, 6.45) is 1.47. The molecule has 0 bridgehead atoms. The van der Waals surface area contributed by atoms with Gasteiger partial charge >= 0.3 is 6.18 Å². The van der Waals surface area contributed by atoms with Crippen LogP contribution in [-0.4, -0.2) is 18.8 Å². The first-order valence-electron chi connectivity index (χ1n) is 7.26. The molecule has 0 aliphatic heterocycles. The van der Waals surface area contributed by atoms with Gasteiger partial charge in [-0.05, 0) is 37.6 Å². The maximum atomic E-state index is 12.6. The summed E-state index contributed by atoms with van der Waals surface area (Å²) in [5.74, 6) is 0.833. The van der Waals surface area contributed by atoms with E-state index in [1.807, 2.05) is 6.92 Å². The number of hydrogen-bond donors (Lipinski definition) is 1. The van der Waals surface area contributed by atoms with Gasteiger partial charge in [0.2, 0.25) is 0 Å². The largest absolute Gasteiger partial charge is 0.390 e. The molecule has 4 heteroatoms. The average molecular weight is 265 g/mol. The zero-order chi connectivity index (χ0) is 13.6. The Hall–Kier alpha value is -0.250. The van der Waals surface area contributed by atoms with Gasteiger partial charge in [-0.25, -0.2) is 0 Å². The Morgan fingerprint density at radius 2 is 1.94 bits per heavy atom. The summed E-state index contributed by atoms with van der Waals surface area (Å²) >= 11 is 0. The number of nitrogens with one attached hydrogen (secondary N) is 1. The molecule has 108 valence electrons. The lowest BCUT2D eigenvalue weighted by Crippen LogP contribution is -2.42. The number of rotatable bonds is 6. The summed E-state index contributed by atoms with van der Waals surface area (Å²) in [6, 6.07) is -0.376. The topological polar surface area (TPSA) is 12.0 Å². The molecule has 0 spiro atoms. The van der Waals surface area contributed by atoms with E-state index in [4.69, 9.17) is 0 Å². The van der Waals surface area contributed by atoms with Crippen LogP contribution in [0.2, 0.25) is 0 Å². The second kappa shape index (κ2) is 7.37. The normalized spacial score (nSPS) is 27.2. The molecule has 3 unspecified atom stereocenters. The molecular formula is C14H26F3N. The van der Waals surface area contributed by atoms with Crippen molar-refractivity contribution in [3.63, 3.8) is 0 Å². The summed E-state index contributed by atoms with van der Waals surface area (Å²) in [6.45, 7) is 4.83. The summed E-state index contributed by atoms with van der Waals surface area (Å²) in [5, 5.41) is 3.12. The highest BCUT2D eigenvalue weighted by Gasteiger charge is 2.36. The quantitative estimate of drug-likeness (QED) is 0.744. The lowest BCUT2D eigenvalue weighted by Gasteiger charge is -2.35. The second-order valence-corrected chi connectivity index (χ2v) is 5.58. The van der Waals surface area contributed by atoms with Gasteiger partial charge in [-0.1, -0.05) is 33.1 Å². The maximum Gasteiger partial charge on any atom is 0.390 e. The van der Waals surface area contributed by atoms with Gasteiger partial charge < -0.3 is 5.32 Å². The molecule has 1 rings (SSSR count). The Bertz CT molecular complexity index is 228. The van der Waals surface area contributed by atoms with Crippen molar-refractivity contribution >= 4 is 0 Å². The van der Waals surface area contributed by atoms with Crippen LogP contribution >= 0.6 is 0 Å². The van der Waals surface area contributed by atoms with Crippen molar-refractivity contribution < 1.29 is 13.2 Å².